The van der Waals surface area contributed by atoms with Gasteiger partial charge in [0.15, 0.2) is 12.4 Å². The summed E-state index contributed by atoms with van der Waals surface area (Å²) in [7, 11) is 2.32. The van der Waals surface area contributed by atoms with Crippen molar-refractivity contribution in [2.75, 3.05) is 14.2 Å². The molecule has 6 N–H and O–H groups in total. The van der Waals surface area contributed by atoms with Crippen molar-refractivity contribution in [2.45, 2.75) is 83.8 Å². The lowest BCUT2D eigenvalue weighted by molar-refractivity contribution is -0.308. The van der Waals surface area contributed by atoms with E-state index in [0.717, 1.165) is 7.11 Å². The lowest BCUT2D eigenvalue weighted by Gasteiger charge is -2.45. The zero-order valence-corrected chi connectivity index (χ0v) is 14.6. The van der Waals surface area contributed by atoms with Crippen molar-refractivity contribution in [3.05, 3.63) is 0 Å². The Morgan fingerprint density at radius 3 is 1.77 bits per heavy atom. The van der Waals surface area contributed by atoms with E-state index in [2.05, 4.69) is 0 Å². The highest BCUT2D eigenvalue weighted by Crippen LogP contribution is 2.33. The zero-order chi connectivity index (χ0) is 20.5. The van der Waals surface area contributed by atoms with Gasteiger partial charge in [-0.05, 0) is 6.42 Å². The van der Waals surface area contributed by atoms with Crippen LogP contribution in [0.25, 0.3) is 0 Å². The van der Waals surface area contributed by atoms with Crippen LogP contribution in [0.5, 0.6) is 0 Å². The molecular weight excluding hydrogens is 408 g/mol. The Hall–Kier alpha value is -1.38. The van der Waals surface area contributed by atoms with Gasteiger partial charge in [-0.15, -0.1) is 0 Å². The highest BCUT2D eigenvalue weighted by atomic mass is 16.7. The summed E-state index contributed by atoms with van der Waals surface area (Å²) in [6.45, 7) is 0. The molecule has 10 atom stereocenters. The maximum absolute atomic E-state index is 11.5. The Kier molecular flexibility index (Phi) is 12.8. The van der Waals surface area contributed by atoms with Crippen molar-refractivity contribution in [2.24, 2.45) is 5.92 Å². The summed E-state index contributed by atoms with van der Waals surface area (Å²) >= 11 is 0. The van der Waals surface area contributed by atoms with E-state index in [0.29, 0.717) is 0 Å². The van der Waals surface area contributed by atoms with E-state index in [1.54, 1.807) is 0 Å². The van der Waals surface area contributed by atoms with Gasteiger partial charge in [0.05, 0.1) is 18.1 Å². The zero-order valence-electron chi connectivity index (χ0n) is 14.6. The average molecular weight is 444 g/mol. The van der Waals surface area contributed by atoms with Crippen LogP contribution >= 0.6 is 0 Å². The first-order valence-corrected chi connectivity index (χ1v) is 8.18. The number of methoxy groups -OCH3 is 2. The Morgan fingerprint density at radius 1 is 0.800 bits per heavy atom. The molecule has 2 rings (SSSR count). The summed E-state index contributed by atoms with van der Waals surface area (Å²) < 4.78 is 20.2. The molecule has 0 aromatic rings. The van der Waals surface area contributed by atoms with E-state index in [-0.39, 0.29) is 28.7 Å². The number of carboxylic acids is 2. The minimum absolute atomic E-state index is 0. The van der Waals surface area contributed by atoms with Gasteiger partial charge in [0.25, 0.3) is 0 Å². The second kappa shape index (κ2) is 12.5. The van der Waals surface area contributed by atoms with Crippen LogP contribution < -0.4 is 0 Å². The summed E-state index contributed by atoms with van der Waals surface area (Å²) in [6.07, 6.45) is -14.4. The summed E-state index contributed by atoms with van der Waals surface area (Å²) in [5, 5.41) is 59.2. The molecule has 12 nitrogen and oxygen atoms in total. The van der Waals surface area contributed by atoms with Gasteiger partial charge in [-0.25, -0.2) is 4.79 Å². The number of carbonyl (C=O) groups is 2. The van der Waals surface area contributed by atoms with Crippen molar-refractivity contribution in [3.63, 3.8) is 0 Å². The highest BCUT2D eigenvalue weighted by Gasteiger charge is 2.53. The Bertz CT molecular complexity index is 543. The second-order valence-electron chi connectivity index (χ2n) is 6.48. The van der Waals surface area contributed by atoms with Crippen LogP contribution in [0, 0.1) is 5.92 Å². The van der Waals surface area contributed by atoms with Crippen LogP contribution in [0.2, 0.25) is 0 Å². The average Bonchev–Trinajstić information content (AvgIpc) is 2.62. The van der Waals surface area contributed by atoms with Crippen LogP contribution in [0.15, 0.2) is 0 Å². The molecule has 1 saturated carbocycles. The number of aliphatic hydroxyl groups is 4. The van der Waals surface area contributed by atoms with E-state index >= 15 is 0 Å². The maximum Gasteiger partial charge on any atom is 0.335 e. The predicted octanol–water partition coefficient (Wildman–Crippen LogP) is -1.33. The van der Waals surface area contributed by atoms with Crippen LogP contribution in [0.3, 0.4) is 0 Å². The molecule has 0 spiro atoms. The topological polar surface area (TPSA) is 192 Å². The van der Waals surface area contributed by atoms with Gasteiger partial charge in [-0.1, -0.05) is 22.3 Å². The first-order chi connectivity index (χ1) is 12.6. The number of carboxylic acid groups (broad SMARTS) is 2. The van der Waals surface area contributed by atoms with E-state index in [4.69, 9.17) is 18.9 Å². The number of hydrogen-bond donors (Lipinski definition) is 6. The van der Waals surface area contributed by atoms with E-state index in [1.165, 1.54) is 7.11 Å². The van der Waals surface area contributed by atoms with Crippen LogP contribution in [0.1, 0.15) is 28.7 Å². The van der Waals surface area contributed by atoms with E-state index in [9.17, 15) is 40.2 Å². The van der Waals surface area contributed by atoms with Crippen LogP contribution in [-0.4, -0.2) is 112 Å². The van der Waals surface area contributed by atoms with Gasteiger partial charge in [-0.2, -0.15) is 0 Å². The lowest BCUT2D eigenvalue weighted by Crippen LogP contribution is -2.64. The molecule has 180 valence electrons. The van der Waals surface area contributed by atoms with E-state index < -0.39 is 73.0 Å². The number of ether oxygens (including phenoxy) is 4. The van der Waals surface area contributed by atoms with Crippen LogP contribution in [0.4, 0.5) is 0 Å². The van der Waals surface area contributed by atoms with Crippen molar-refractivity contribution >= 4 is 11.9 Å². The van der Waals surface area contributed by atoms with Crippen molar-refractivity contribution in [1.29, 1.82) is 0 Å². The first-order valence-electron chi connectivity index (χ1n) is 8.18. The normalized spacial score (nSPS) is 40.9. The molecule has 12 heteroatoms. The Balaban J connectivity index is 0. The lowest BCUT2D eigenvalue weighted by atomic mass is 9.80. The summed E-state index contributed by atoms with van der Waals surface area (Å²) in [4.78, 5) is 22.9. The monoisotopic (exact) mass is 444 g/mol. The van der Waals surface area contributed by atoms with Gasteiger partial charge in [0.2, 0.25) is 0 Å². The van der Waals surface area contributed by atoms with Gasteiger partial charge >= 0.3 is 11.9 Å². The highest BCUT2D eigenvalue weighted by molar-refractivity contribution is 5.73. The number of rotatable bonds is 6. The molecule has 0 amide bonds. The maximum atomic E-state index is 11.5. The molecule has 30 heavy (non-hydrogen) atoms. The number of hydrogen-bond acceptors (Lipinski definition) is 10. The van der Waals surface area contributed by atoms with Gasteiger partial charge in [-0.3, -0.25) is 4.79 Å². The fourth-order valence-corrected chi connectivity index (χ4v) is 3.44. The van der Waals surface area contributed by atoms with Crippen LogP contribution in [-0.2, 0) is 28.5 Å². The van der Waals surface area contributed by atoms with E-state index in [1.807, 2.05) is 0 Å². The van der Waals surface area contributed by atoms with Crippen molar-refractivity contribution in [1.82, 2.24) is 0 Å². The minimum atomic E-state index is -1.77. The van der Waals surface area contributed by atoms with Gasteiger partial charge in [0, 0.05) is 14.2 Å². The molecule has 0 aromatic heterocycles. The van der Waals surface area contributed by atoms with Gasteiger partial charge < -0.3 is 49.6 Å². The summed E-state index contributed by atoms with van der Waals surface area (Å²) in [6, 6.07) is 0. The Morgan fingerprint density at radius 2 is 1.33 bits per heavy atom. The number of aliphatic carboxylic acids is 2. The molecule has 0 aromatic carbocycles. The minimum Gasteiger partial charge on any atom is -0.481 e. The molecule has 2 aliphatic rings. The van der Waals surface area contributed by atoms with Gasteiger partial charge in [0.1, 0.15) is 30.5 Å². The second-order valence-corrected chi connectivity index (χ2v) is 6.48. The molecule has 0 bridgehead atoms. The molecule has 4 unspecified atom stereocenters. The fourth-order valence-electron chi connectivity index (χ4n) is 3.44. The molecule has 1 saturated heterocycles. The quantitative estimate of drug-likeness (QED) is 0.283. The smallest absolute Gasteiger partial charge is 0.335 e. The molecule has 1 aliphatic heterocycles. The molecule has 1 heterocycles. The first kappa shape index (κ1) is 30.8. The standard InChI is InChI=1S/C15H24O12.3CH4/c1-24-10-4(13(20)21)3-5(6(16)7(10)17)26-11-8(18)9(19)15(25-2)27-12(11)14(22)23;;;/h4-12,15-19H,3H2,1-2H3,(H,20,21)(H,22,23);3*1H4/t4?,5-,6?,7+,8+,9?,10+,11+,12?,15-;;;/m1.../s1. The third-order valence-electron chi connectivity index (χ3n) is 4.89. The molecular formula is C18H36O12. The molecule has 2 fully saturated rings. The molecule has 0 radical (unpaired) electrons. The SMILES string of the molecule is C.C.C.CO[C@@H]1OC(C(=O)O)[C@@H](O[C@@H]2CC(C(=O)O)[C@H](OC)[C@@H](O)C2O)[C@@H](O)C1O. The van der Waals surface area contributed by atoms with Crippen molar-refractivity contribution in [3.8, 4) is 0 Å². The largest absolute Gasteiger partial charge is 0.481 e. The number of aliphatic hydroxyl groups excluding tert-OH is 4. The third kappa shape index (κ3) is 5.86. The molecule has 1 aliphatic carbocycles. The van der Waals surface area contributed by atoms with Crippen molar-refractivity contribution < 1.29 is 59.2 Å². The fraction of sp³-hybridized carbons (Fsp3) is 0.889. The summed E-state index contributed by atoms with van der Waals surface area (Å²) in [5.74, 6) is -4.08. The predicted molar refractivity (Wildman–Crippen MR) is 103 cm³/mol. The third-order valence-corrected chi connectivity index (χ3v) is 4.89. The summed E-state index contributed by atoms with van der Waals surface area (Å²) in [5.41, 5.74) is 0. The Labute approximate surface area is 175 Å².